The van der Waals surface area contributed by atoms with E-state index in [9.17, 15) is 8.42 Å². The number of hydrogen-bond donors (Lipinski definition) is 2. The summed E-state index contributed by atoms with van der Waals surface area (Å²) in [5, 5.41) is 1.29. The van der Waals surface area contributed by atoms with E-state index in [0.29, 0.717) is 16.5 Å². The molecule has 0 radical (unpaired) electrons. The van der Waals surface area contributed by atoms with Gasteiger partial charge in [0.15, 0.2) is 0 Å². The summed E-state index contributed by atoms with van der Waals surface area (Å²) >= 11 is 2.11. The number of benzene rings is 2. The number of anilines is 2. The number of fused-ring (bicyclic) bond motifs is 1. The lowest BCUT2D eigenvalue weighted by molar-refractivity contribution is 0.602. The Hall–Kier alpha value is -1.87. The SMILES string of the molecule is Nc1ccc(S(=O)(=O)Nc2ccc(I)cn2)c2ccccc12. The molecule has 0 atom stereocenters. The maximum absolute atomic E-state index is 12.6. The van der Waals surface area contributed by atoms with Gasteiger partial charge in [-0.3, -0.25) is 4.72 Å². The predicted molar refractivity (Wildman–Crippen MR) is 96.1 cm³/mol. The van der Waals surface area contributed by atoms with Crippen LogP contribution in [0.4, 0.5) is 11.5 Å². The summed E-state index contributed by atoms with van der Waals surface area (Å²) in [7, 11) is -3.74. The molecule has 3 rings (SSSR count). The van der Waals surface area contributed by atoms with Crippen molar-refractivity contribution in [1.29, 1.82) is 0 Å². The second kappa shape index (κ2) is 5.73. The zero-order valence-corrected chi connectivity index (χ0v) is 14.3. The van der Waals surface area contributed by atoms with Crippen molar-refractivity contribution < 1.29 is 8.42 Å². The summed E-state index contributed by atoms with van der Waals surface area (Å²) in [4.78, 5) is 4.24. The molecular formula is C15H12IN3O2S. The largest absolute Gasteiger partial charge is 0.398 e. The number of aromatic nitrogens is 1. The Morgan fingerprint density at radius 3 is 2.41 bits per heavy atom. The van der Waals surface area contributed by atoms with Gasteiger partial charge in [0.2, 0.25) is 0 Å². The Bertz CT molecular complexity index is 941. The molecule has 22 heavy (non-hydrogen) atoms. The van der Waals surface area contributed by atoms with Gasteiger partial charge in [-0.2, -0.15) is 0 Å². The Kier molecular flexibility index (Phi) is 3.92. The second-order valence-electron chi connectivity index (χ2n) is 4.67. The molecule has 3 N–H and O–H groups in total. The molecule has 0 unspecified atom stereocenters. The van der Waals surface area contributed by atoms with Gasteiger partial charge in [0.05, 0.1) is 4.90 Å². The highest BCUT2D eigenvalue weighted by Crippen LogP contribution is 2.28. The topological polar surface area (TPSA) is 85.1 Å². The number of nitrogens with zero attached hydrogens (tertiary/aromatic N) is 1. The van der Waals surface area contributed by atoms with Gasteiger partial charge in [-0.1, -0.05) is 24.3 Å². The van der Waals surface area contributed by atoms with Crippen LogP contribution in [0.5, 0.6) is 0 Å². The molecule has 112 valence electrons. The molecule has 2 aromatic carbocycles. The highest BCUT2D eigenvalue weighted by molar-refractivity contribution is 14.1. The van der Waals surface area contributed by atoms with E-state index >= 15 is 0 Å². The average molecular weight is 425 g/mol. The van der Waals surface area contributed by atoms with Crippen molar-refractivity contribution in [1.82, 2.24) is 4.98 Å². The molecule has 7 heteroatoms. The first-order chi connectivity index (χ1) is 10.5. The number of nitrogens with one attached hydrogen (secondary N) is 1. The molecule has 1 aromatic heterocycles. The van der Waals surface area contributed by atoms with E-state index in [4.69, 9.17) is 5.73 Å². The van der Waals surface area contributed by atoms with Crippen molar-refractivity contribution in [3.63, 3.8) is 0 Å². The molecule has 0 saturated carbocycles. The molecule has 0 spiro atoms. The molecule has 0 aliphatic carbocycles. The van der Waals surface area contributed by atoms with Crippen LogP contribution in [0.15, 0.2) is 59.6 Å². The molecule has 0 amide bonds. The normalized spacial score (nSPS) is 11.5. The maximum Gasteiger partial charge on any atom is 0.263 e. The second-order valence-corrected chi connectivity index (χ2v) is 7.56. The van der Waals surface area contributed by atoms with Crippen LogP contribution in [-0.2, 0) is 10.0 Å². The van der Waals surface area contributed by atoms with Crippen LogP contribution < -0.4 is 10.5 Å². The van der Waals surface area contributed by atoms with Crippen molar-refractivity contribution in [3.05, 3.63) is 58.3 Å². The van der Waals surface area contributed by atoms with Crippen LogP contribution in [0.1, 0.15) is 0 Å². The summed E-state index contributed by atoms with van der Waals surface area (Å²) in [5.41, 5.74) is 6.45. The van der Waals surface area contributed by atoms with E-state index in [0.717, 1.165) is 3.57 Å². The fourth-order valence-corrected chi connectivity index (χ4v) is 3.70. The third-order valence-corrected chi connectivity index (χ3v) is 5.22. The van der Waals surface area contributed by atoms with Crippen LogP contribution in [0.2, 0.25) is 0 Å². The lowest BCUT2D eigenvalue weighted by Crippen LogP contribution is -2.14. The Morgan fingerprint density at radius 2 is 1.73 bits per heavy atom. The smallest absolute Gasteiger partial charge is 0.263 e. The monoisotopic (exact) mass is 425 g/mol. The van der Waals surface area contributed by atoms with Crippen LogP contribution >= 0.6 is 22.6 Å². The van der Waals surface area contributed by atoms with Crippen molar-refractivity contribution in [2.75, 3.05) is 10.5 Å². The van der Waals surface area contributed by atoms with Crippen LogP contribution in [0, 0.1) is 3.57 Å². The predicted octanol–water partition coefficient (Wildman–Crippen LogP) is 3.22. The van der Waals surface area contributed by atoms with Gasteiger partial charge in [0.1, 0.15) is 5.82 Å². The van der Waals surface area contributed by atoms with Crippen molar-refractivity contribution in [2.24, 2.45) is 0 Å². The Labute approximate surface area is 141 Å². The van der Waals surface area contributed by atoms with Gasteiger partial charge in [0, 0.05) is 26.2 Å². The average Bonchev–Trinajstić information content (AvgIpc) is 2.50. The standard InChI is InChI=1S/C15H12IN3O2S/c16-10-5-8-15(18-9-10)19-22(20,21)14-7-6-13(17)11-3-1-2-4-12(11)14/h1-9H,17H2,(H,18,19). The molecule has 0 fully saturated rings. The lowest BCUT2D eigenvalue weighted by atomic mass is 10.1. The highest BCUT2D eigenvalue weighted by Gasteiger charge is 2.18. The van der Waals surface area contributed by atoms with Gasteiger partial charge in [-0.05, 0) is 46.9 Å². The van der Waals surface area contributed by atoms with E-state index < -0.39 is 10.0 Å². The fourth-order valence-electron chi connectivity index (χ4n) is 2.16. The number of sulfonamides is 1. The Morgan fingerprint density at radius 1 is 1.00 bits per heavy atom. The van der Waals surface area contributed by atoms with Crippen molar-refractivity contribution in [2.45, 2.75) is 4.90 Å². The van der Waals surface area contributed by atoms with Gasteiger partial charge in [-0.25, -0.2) is 13.4 Å². The van der Waals surface area contributed by atoms with Crippen LogP contribution in [-0.4, -0.2) is 13.4 Å². The third-order valence-electron chi connectivity index (χ3n) is 3.17. The summed E-state index contributed by atoms with van der Waals surface area (Å²) in [6, 6.07) is 13.7. The fraction of sp³-hybridized carbons (Fsp3) is 0. The molecule has 3 aromatic rings. The number of halogens is 1. The molecule has 5 nitrogen and oxygen atoms in total. The first kappa shape index (κ1) is 15.0. The summed E-state index contributed by atoms with van der Waals surface area (Å²) in [6.45, 7) is 0. The van der Waals surface area contributed by atoms with Crippen molar-refractivity contribution in [3.8, 4) is 0 Å². The molecular weight excluding hydrogens is 413 g/mol. The first-order valence-electron chi connectivity index (χ1n) is 6.39. The minimum absolute atomic E-state index is 0.178. The summed E-state index contributed by atoms with van der Waals surface area (Å²) in [5.74, 6) is 0.279. The van der Waals surface area contributed by atoms with Gasteiger partial charge in [-0.15, -0.1) is 0 Å². The number of hydrogen-bond acceptors (Lipinski definition) is 4. The quantitative estimate of drug-likeness (QED) is 0.499. The number of pyridine rings is 1. The summed E-state index contributed by atoms with van der Waals surface area (Å²) < 4.78 is 28.7. The number of rotatable bonds is 3. The Balaban J connectivity index is 2.10. The zero-order valence-electron chi connectivity index (χ0n) is 11.3. The van der Waals surface area contributed by atoms with Crippen LogP contribution in [0.3, 0.4) is 0 Å². The number of nitrogens with two attached hydrogens (primary N) is 1. The van der Waals surface area contributed by atoms with Gasteiger partial charge >= 0.3 is 0 Å². The van der Waals surface area contributed by atoms with E-state index in [2.05, 4.69) is 32.3 Å². The van der Waals surface area contributed by atoms with Gasteiger partial charge in [0.25, 0.3) is 10.0 Å². The minimum atomic E-state index is -3.74. The van der Waals surface area contributed by atoms with Crippen molar-refractivity contribution >= 4 is 54.9 Å². The maximum atomic E-state index is 12.6. The zero-order chi connectivity index (χ0) is 15.7. The molecule has 0 saturated heterocycles. The van der Waals surface area contributed by atoms with Crippen LogP contribution in [0.25, 0.3) is 10.8 Å². The minimum Gasteiger partial charge on any atom is -0.398 e. The summed E-state index contributed by atoms with van der Waals surface area (Å²) in [6.07, 6.45) is 1.60. The first-order valence-corrected chi connectivity index (χ1v) is 8.95. The van der Waals surface area contributed by atoms with E-state index in [1.165, 1.54) is 6.07 Å². The van der Waals surface area contributed by atoms with E-state index in [1.807, 2.05) is 6.07 Å². The molecule has 0 bridgehead atoms. The number of nitrogen functional groups attached to an aromatic ring is 1. The van der Waals surface area contributed by atoms with E-state index in [-0.39, 0.29) is 10.7 Å². The van der Waals surface area contributed by atoms with E-state index in [1.54, 1.807) is 42.6 Å². The van der Waals surface area contributed by atoms with Gasteiger partial charge < -0.3 is 5.73 Å². The lowest BCUT2D eigenvalue weighted by Gasteiger charge is -2.11. The molecule has 0 aliphatic rings. The highest BCUT2D eigenvalue weighted by atomic mass is 127. The third kappa shape index (κ3) is 2.86. The molecule has 1 heterocycles. The molecule has 0 aliphatic heterocycles.